The lowest BCUT2D eigenvalue weighted by Crippen LogP contribution is -2.30. The summed E-state index contributed by atoms with van der Waals surface area (Å²) in [4.78, 5) is 38.8. The van der Waals surface area contributed by atoms with Gasteiger partial charge in [-0.1, -0.05) is 25.2 Å². The van der Waals surface area contributed by atoms with Gasteiger partial charge in [0.2, 0.25) is 0 Å². The first-order valence-corrected chi connectivity index (χ1v) is 10.6. The van der Waals surface area contributed by atoms with Crippen LogP contribution in [0.3, 0.4) is 0 Å². The number of phenols is 1. The normalized spacial score (nSPS) is 12.4. The predicted molar refractivity (Wildman–Crippen MR) is 121 cm³/mol. The van der Waals surface area contributed by atoms with Gasteiger partial charge < -0.3 is 25.2 Å². The fraction of sp³-hybridized carbons (Fsp3) is 0.304. The lowest BCUT2D eigenvalue weighted by molar-refractivity contribution is -0.145. The maximum atomic E-state index is 12.9. The van der Waals surface area contributed by atoms with Gasteiger partial charge in [-0.05, 0) is 43.2 Å². The molecule has 0 unspecified atom stereocenters. The standard InChI is InChI=1S/C23H24N2O6S/c1-3-15-19(31-12-20(27)30-4-2)8-7-17(21(15)28)18(26)11-25-10-14-9-13(22(24)32)5-6-16(14)23(25)29/h5-9,28H,3-4,10-12H2,1-2H3,(H2,24,32). The highest BCUT2D eigenvalue weighted by atomic mass is 32.1. The number of ether oxygens (including phenoxy) is 2. The molecule has 0 saturated carbocycles. The van der Waals surface area contributed by atoms with Crippen molar-refractivity contribution in [2.75, 3.05) is 19.8 Å². The third-order valence-electron chi connectivity index (χ3n) is 5.15. The number of fused-ring (bicyclic) bond motifs is 1. The molecule has 0 aromatic heterocycles. The number of nitrogens with two attached hydrogens (primary N) is 1. The van der Waals surface area contributed by atoms with Gasteiger partial charge in [-0.15, -0.1) is 0 Å². The molecule has 0 radical (unpaired) electrons. The summed E-state index contributed by atoms with van der Waals surface area (Å²) in [6.45, 7) is 3.47. The van der Waals surface area contributed by atoms with Crippen molar-refractivity contribution in [3.63, 3.8) is 0 Å². The Morgan fingerprint density at radius 2 is 1.97 bits per heavy atom. The molecule has 0 bridgehead atoms. The van der Waals surface area contributed by atoms with Gasteiger partial charge >= 0.3 is 5.97 Å². The summed E-state index contributed by atoms with van der Waals surface area (Å²) in [5.74, 6) is -1.14. The number of hydrogen-bond acceptors (Lipinski definition) is 7. The minimum absolute atomic E-state index is 0.0814. The van der Waals surface area contributed by atoms with E-state index in [4.69, 9.17) is 27.4 Å². The summed E-state index contributed by atoms with van der Waals surface area (Å²) in [7, 11) is 0. The molecule has 1 aliphatic heterocycles. The Bertz CT molecular complexity index is 1100. The number of phenolic OH excluding ortho intramolecular Hbond substituents is 1. The molecule has 0 fully saturated rings. The predicted octanol–water partition coefficient (Wildman–Crippen LogP) is 2.37. The van der Waals surface area contributed by atoms with E-state index in [1.807, 2.05) is 0 Å². The molecule has 2 aromatic carbocycles. The molecule has 0 atom stereocenters. The fourth-order valence-corrected chi connectivity index (χ4v) is 3.71. The molecule has 3 rings (SSSR count). The summed E-state index contributed by atoms with van der Waals surface area (Å²) >= 11 is 4.98. The largest absolute Gasteiger partial charge is 0.507 e. The van der Waals surface area contributed by atoms with Gasteiger partial charge in [0.15, 0.2) is 12.4 Å². The van der Waals surface area contributed by atoms with E-state index in [1.54, 1.807) is 32.0 Å². The number of aromatic hydroxyl groups is 1. The van der Waals surface area contributed by atoms with Crippen LogP contribution in [0.15, 0.2) is 30.3 Å². The van der Waals surface area contributed by atoms with Crippen molar-refractivity contribution in [1.29, 1.82) is 0 Å². The van der Waals surface area contributed by atoms with Crippen LogP contribution < -0.4 is 10.5 Å². The summed E-state index contributed by atoms with van der Waals surface area (Å²) < 4.78 is 10.3. The van der Waals surface area contributed by atoms with E-state index < -0.39 is 11.8 Å². The SMILES string of the molecule is CCOC(=O)COc1ccc(C(=O)CN2Cc3cc(C(N)=S)ccc3C2=O)c(O)c1CC. The van der Waals surface area contributed by atoms with Crippen molar-refractivity contribution in [1.82, 2.24) is 4.90 Å². The summed E-state index contributed by atoms with van der Waals surface area (Å²) in [5, 5.41) is 10.7. The van der Waals surface area contributed by atoms with Crippen LogP contribution in [-0.2, 0) is 22.5 Å². The number of amides is 1. The molecule has 0 aliphatic carbocycles. The molecular formula is C23H24N2O6S. The molecule has 8 nitrogen and oxygen atoms in total. The average molecular weight is 457 g/mol. The first kappa shape index (κ1) is 23.2. The van der Waals surface area contributed by atoms with Crippen LogP contribution in [-0.4, -0.2) is 52.4 Å². The second-order valence-corrected chi connectivity index (χ2v) is 7.65. The molecule has 2 aromatic rings. The monoisotopic (exact) mass is 456 g/mol. The maximum absolute atomic E-state index is 12.9. The molecule has 1 amide bonds. The van der Waals surface area contributed by atoms with Crippen molar-refractivity contribution in [3.05, 3.63) is 58.1 Å². The van der Waals surface area contributed by atoms with Gasteiger partial charge in [0.25, 0.3) is 5.91 Å². The van der Waals surface area contributed by atoms with E-state index in [2.05, 4.69) is 0 Å². The van der Waals surface area contributed by atoms with Crippen molar-refractivity contribution < 1.29 is 29.0 Å². The van der Waals surface area contributed by atoms with Crippen LogP contribution in [0, 0.1) is 0 Å². The van der Waals surface area contributed by atoms with E-state index in [1.165, 1.54) is 17.0 Å². The van der Waals surface area contributed by atoms with Crippen LogP contribution >= 0.6 is 12.2 Å². The van der Waals surface area contributed by atoms with Gasteiger partial charge in [-0.3, -0.25) is 9.59 Å². The maximum Gasteiger partial charge on any atom is 0.344 e. The summed E-state index contributed by atoms with van der Waals surface area (Å²) in [6.07, 6.45) is 0.376. The average Bonchev–Trinajstić information content (AvgIpc) is 3.06. The summed E-state index contributed by atoms with van der Waals surface area (Å²) in [6, 6.07) is 8.04. The van der Waals surface area contributed by atoms with Gasteiger partial charge in [0, 0.05) is 23.2 Å². The number of nitrogens with zero attached hydrogens (tertiary/aromatic N) is 1. The van der Waals surface area contributed by atoms with Crippen LogP contribution in [0.5, 0.6) is 11.5 Å². The Labute approximate surface area is 190 Å². The quantitative estimate of drug-likeness (QED) is 0.335. The number of Topliss-reactive ketones (excluding diaryl/α,β-unsaturated/α-hetero) is 1. The van der Waals surface area contributed by atoms with Crippen LogP contribution in [0.4, 0.5) is 0 Å². The highest BCUT2D eigenvalue weighted by Crippen LogP contribution is 2.33. The number of rotatable bonds is 9. The van der Waals surface area contributed by atoms with Crippen LogP contribution in [0.2, 0.25) is 0 Å². The number of thiocarbonyl (C=S) groups is 1. The molecule has 9 heteroatoms. The second kappa shape index (κ2) is 9.78. The molecular weight excluding hydrogens is 432 g/mol. The number of carbonyl (C=O) groups is 3. The van der Waals surface area contributed by atoms with Crippen molar-refractivity contribution in [2.45, 2.75) is 26.8 Å². The van der Waals surface area contributed by atoms with E-state index in [9.17, 15) is 19.5 Å². The molecule has 1 heterocycles. The Kier molecular flexibility index (Phi) is 7.09. The minimum Gasteiger partial charge on any atom is -0.507 e. The van der Waals surface area contributed by atoms with Gasteiger partial charge in [0.05, 0.1) is 18.7 Å². The smallest absolute Gasteiger partial charge is 0.344 e. The molecule has 168 valence electrons. The van der Waals surface area contributed by atoms with E-state index >= 15 is 0 Å². The van der Waals surface area contributed by atoms with Crippen molar-refractivity contribution in [2.24, 2.45) is 5.73 Å². The van der Waals surface area contributed by atoms with Crippen LogP contribution in [0.25, 0.3) is 0 Å². The molecule has 3 N–H and O–H groups in total. The van der Waals surface area contributed by atoms with E-state index in [0.717, 1.165) is 5.56 Å². The number of benzene rings is 2. The van der Waals surface area contributed by atoms with Crippen LogP contribution in [0.1, 0.15) is 51.3 Å². The fourth-order valence-electron chi connectivity index (χ4n) is 3.58. The number of carbonyl (C=O) groups excluding carboxylic acids is 3. The Morgan fingerprint density at radius 3 is 2.62 bits per heavy atom. The third-order valence-corrected chi connectivity index (χ3v) is 5.38. The topological polar surface area (TPSA) is 119 Å². The van der Waals surface area contributed by atoms with E-state index in [0.29, 0.717) is 28.9 Å². The van der Waals surface area contributed by atoms with Crippen molar-refractivity contribution in [3.8, 4) is 11.5 Å². The second-order valence-electron chi connectivity index (χ2n) is 7.21. The molecule has 0 spiro atoms. The van der Waals surface area contributed by atoms with E-state index in [-0.39, 0.29) is 48.5 Å². The lowest BCUT2D eigenvalue weighted by Gasteiger charge is -2.17. The number of hydrogen-bond donors (Lipinski definition) is 2. The van der Waals surface area contributed by atoms with Gasteiger partial charge in [-0.25, -0.2) is 4.79 Å². The van der Waals surface area contributed by atoms with Gasteiger partial charge in [-0.2, -0.15) is 0 Å². The molecule has 32 heavy (non-hydrogen) atoms. The number of esters is 1. The highest BCUT2D eigenvalue weighted by molar-refractivity contribution is 7.80. The highest BCUT2D eigenvalue weighted by Gasteiger charge is 2.30. The zero-order valence-corrected chi connectivity index (χ0v) is 18.7. The molecule has 1 aliphatic rings. The van der Waals surface area contributed by atoms with Crippen molar-refractivity contribution >= 4 is 34.9 Å². The summed E-state index contributed by atoms with van der Waals surface area (Å²) in [5.41, 5.74) is 8.04. The Morgan fingerprint density at radius 1 is 1.22 bits per heavy atom. The number of ketones is 1. The first-order valence-electron chi connectivity index (χ1n) is 10.1. The first-order chi connectivity index (χ1) is 15.3. The zero-order valence-electron chi connectivity index (χ0n) is 17.8. The third kappa shape index (κ3) is 4.72. The Balaban J connectivity index is 1.75. The zero-order chi connectivity index (χ0) is 23.4. The minimum atomic E-state index is -0.528. The molecule has 0 saturated heterocycles. The Hall–Kier alpha value is -3.46. The van der Waals surface area contributed by atoms with Gasteiger partial charge in [0.1, 0.15) is 16.5 Å². The lowest BCUT2D eigenvalue weighted by atomic mass is 10.0.